The summed E-state index contributed by atoms with van der Waals surface area (Å²) in [5.74, 6) is 1.13. The molecular formula is C7H10N4O2S. The maximum absolute atomic E-state index is 10.6. The predicted octanol–water partition coefficient (Wildman–Crippen LogP) is 1.54. The quantitative estimate of drug-likeness (QED) is 0.354. The lowest BCUT2D eigenvalue weighted by Crippen LogP contribution is -2.00. The molecule has 76 valence electrons. The standard InChI is InChI=1S/C7H10N4O2S/c1-3-14-6-5(11(12)13)4-9-7(8-2)10-6/h4H,3H2,1-2H3,(H,8,9,10). The number of nitrogens with zero attached hydrogens (tertiary/aromatic N) is 3. The fourth-order valence-corrected chi connectivity index (χ4v) is 1.55. The van der Waals surface area contributed by atoms with Crippen LogP contribution in [0, 0.1) is 10.1 Å². The van der Waals surface area contributed by atoms with Crippen LogP contribution in [0.2, 0.25) is 0 Å². The molecule has 0 amide bonds. The first-order chi connectivity index (χ1) is 6.69. The van der Waals surface area contributed by atoms with Crippen LogP contribution in [0.1, 0.15) is 6.92 Å². The van der Waals surface area contributed by atoms with Gasteiger partial charge in [0, 0.05) is 7.05 Å². The van der Waals surface area contributed by atoms with Crippen molar-refractivity contribution in [3.63, 3.8) is 0 Å². The second-order valence-corrected chi connectivity index (χ2v) is 3.58. The van der Waals surface area contributed by atoms with E-state index in [0.717, 1.165) is 5.75 Å². The molecule has 1 N–H and O–H groups in total. The minimum Gasteiger partial charge on any atom is -0.357 e. The molecule has 0 saturated carbocycles. The molecule has 0 radical (unpaired) electrons. The van der Waals surface area contributed by atoms with Crippen molar-refractivity contribution in [3.8, 4) is 0 Å². The number of aromatic nitrogens is 2. The number of nitro groups is 1. The molecule has 0 spiro atoms. The Hall–Kier alpha value is -1.37. The maximum Gasteiger partial charge on any atom is 0.319 e. The van der Waals surface area contributed by atoms with Gasteiger partial charge in [0.2, 0.25) is 5.95 Å². The SMILES string of the molecule is CCSc1nc(NC)ncc1[N+](=O)[O-]. The third kappa shape index (κ3) is 2.32. The lowest BCUT2D eigenvalue weighted by molar-refractivity contribution is -0.388. The molecule has 0 bridgehead atoms. The monoisotopic (exact) mass is 214 g/mol. The van der Waals surface area contributed by atoms with Gasteiger partial charge in [-0.25, -0.2) is 4.98 Å². The van der Waals surface area contributed by atoms with E-state index in [-0.39, 0.29) is 5.69 Å². The van der Waals surface area contributed by atoms with Gasteiger partial charge in [0.15, 0.2) is 5.03 Å². The second-order valence-electron chi connectivity index (χ2n) is 2.32. The van der Waals surface area contributed by atoms with Gasteiger partial charge in [-0.15, -0.1) is 0 Å². The van der Waals surface area contributed by atoms with Crippen LogP contribution >= 0.6 is 11.8 Å². The molecule has 6 nitrogen and oxygen atoms in total. The average molecular weight is 214 g/mol. The minimum atomic E-state index is -0.475. The summed E-state index contributed by atoms with van der Waals surface area (Å²) in [6.45, 7) is 1.91. The van der Waals surface area contributed by atoms with Crippen molar-refractivity contribution in [1.29, 1.82) is 0 Å². The molecule has 0 aliphatic carbocycles. The first-order valence-corrected chi connectivity index (χ1v) is 4.99. The van der Waals surface area contributed by atoms with E-state index in [4.69, 9.17) is 0 Å². The molecule has 1 heterocycles. The summed E-state index contributed by atoms with van der Waals surface area (Å²) in [4.78, 5) is 17.9. The smallest absolute Gasteiger partial charge is 0.319 e. The number of hydrogen-bond acceptors (Lipinski definition) is 6. The highest BCUT2D eigenvalue weighted by atomic mass is 32.2. The van der Waals surface area contributed by atoms with Crippen LogP contribution in [0.15, 0.2) is 11.2 Å². The van der Waals surface area contributed by atoms with Crippen molar-refractivity contribution in [3.05, 3.63) is 16.3 Å². The lowest BCUT2D eigenvalue weighted by Gasteiger charge is -2.01. The number of rotatable bonds is 4. The highest BCUT2D eigenvalue weighted by Crippen LogP contribution is 2.26. The minimum absolute atomic E-state index is 0.0455. The zero-order chi connectivity index (χ0) is 10.6. The van der Waals surface area contributed by atoms with E-state index in [9.17, 15) is 10.1 Å². The van der Waals surface area contributed by atoms with E-state index >= 15 is 0 Å². The van der Waals surface area contributed by atoms with Crippen molar-refractivity contribution >= 4 is 23.4 Å². The van der Waals surface area contributed by atoms with Gasteiger partial charge in [-0.3, -0.25) is 10.1 Å². The normalized spacial score (nSPS) is 9.86. The number of thioether (sulfide) groups is 1. The molecule has 0 atom stereocenters. The van der Waals surface area contributed by atoms with E-state index in [1.54, 1.807) is 7.05 Å². The fourth-order valence-electron chi connectivity index (χ4n) is 0.848. The van der Waals surface area contributed by atoms with Crippen LogP contribution in [0.3, 0.4) is 0 Å². The van der Waals surface area contributed by atoms with Crippen LogP contribution in [-0.4, -0.2) is 27.7 Å². The van der Waals surface area contributed by atoms with Crippen molar-refractivity contribution in [2.75, 3.05) is 18.1 Å². The Morgan fingerprint density at radius 1 is 1.71 bits per heavy atom. The maximum atomic E-state index is 10.6. The van der Waals surface area contributed by atoms with Gasteiger partial charge >= 0.3 is 5.69 Å². The number of hydrogen-bond donors (Lipinski definition) is 1. The zero-order valence-electron chi connectivity index (χ0n) is 7.85. The summed E-state index contributed by atoms with van der Waals surface area (Å²) >= 11 is 1.33. The Bertz CT molecular complexity index is 344. The summed E-state index contributed by atoms with van der Waals surface area (Å²) in [5.41, 5.74) is -0.0455. The molecule has 0 aliphatic heterocycles. The Balaban J connectivity index is 3.10. The van der Waals surface area contributed by atoms with Gasteiger partial charge < -0.3 is 5.32 Å². The second kappa shape index (κ2) is 4.75. The van der Waals surface area contributed by atoms with E-state index in [1.165, 1.54) is 18.0 Å². The van der Waals surface area contributed by atoms with Gasteiger partial charge in [-0.05, 0) is 5.75 Å². The Morgan fingerprint density at radius 3 is 2.93 bits per heavy atom. The third-order valence-electron chi connectivity index (χ3n) is 1.44. The van der Waals surface area contributed by atoms with E-state index < -0.39 is 4.92 Å². The summed E-state index contributed by atoms with van der Waals surface area (Å²) in [6, 6.07) is 0. The topological polar surface area (TPSA) is 81.0 Å². The molecule has 1 aromatic heterocycles. The first kappa shape index (κ1) is 10.7. The zero-order valence-corrected chi connectivity index (χ0v) is 8.67. The van der Waals surface area contributed by atoms with E-state index in [0.29, 0.717) is 11.0 Å². The molecule has 1 rings (SSSR count). The average Bonchev–Trinajstić information content (AvgIpc) is 2.17. The summed E-state index contributed by atoms with van der Waals surface area (Å²) < 4.78 is 0. The molecule has 0 saturated heterocycles. The van der Waals surface area contributed by atoms with E-state index in [2.05, 4.69) is 15.3 Å². The molecule has 0 fully saturated rings. The van der Waals surface area contributed by atoms with Crippen LogP contribution < -0.4 is 5.32 Å². The van der Waals surface area contributed by atoms with Crippen LogP contribution in [0.25, 0.3) is 0 Å². The molecule has 7 heteroatoms. The largest absolute Gasteiger partial charge is 0.357 e. The highest BCUT2D eigenvalue weighted by Gasteiger charge is 2.16. The molecule has 0 aliphatic rings. The summed E-state index contributed by atoms with van der Waals surface area (Å²) in [6.07, 6.45) is 1.22. The van der Waals surface area contributed by atoms with Gasteiger partial charge in [0.05, 0.1) is 4.92 Å². The van der Waals surface area contributed by atoms with E-state index in [1.807, 2.05) is 6.92 Å². The Morgan fingerprint density at radius 2 is 2.43 bits per heavy atom. The Kier molecular flexibility index (Phi) is 3.63. The van der Waals surface area contributed by atoms with Crippen molar-refractivity contribution in [1.82, 2.24) is 9.97 Å². The molecule has 14 heavy (non-hydrogen) atoms. The predicted molar refractivity (Wildman–Crippen MR) is 54.6 cm³/mol. The first-order valence-electron chi connectivity index (χ1n) is 4.01. The summed E-state index contributed by atoms with van der Waals surface area (Å²) in [5, 5.41) is 13.7. The number of nitrogens with one attached hydrogen (secondary N) is 1. The van der Waals surface area contributed by atoms with Gasteiger partial charge in [-0.2, -0.15) is 4.98 Å². The van der Waals surface area contributed by atoms with Crippen molar-refractivity contribution in [2.45, 2.75) is 11.9 Å². The van der Waals surface area contributed by atoms with Gasteiger partial charge in [0.25, 0.3) is 0 Å². The number of anilines is 1. The summed E-state index contributed by atoms with van der Waals surface area (Å²) in [7, 11) is 1.67. The molecular weight excluding hydrogens is 204 g/mol. The van der Waals surface area contributed by atoms with Crippen LogP contribution in [0.4, 0.5) is 11.6 Å². The fraction of sp³-hybridized carbons (Fsp3) is 0.429. The molecule has 1 aromatic rings. The molecule has 0 unspecified atom stereocenters. The van der Waals surface area contributed by atoms with Crippen molar-refractivity contribution < 1.29 is 4.92 Å². The van der Waals surface area contributed by atoms with Crippen molar-refractivity contribution in [2.24, 2.45) is 0 Å². The molecule has 0 aromatic carbocycles. The van der Waals surface area contributed by atoms with Gasteiger partial charge in [0.1, 0.15) is 6.20 Å². The lowest BCUT2D eigenvalue weighted by atomic mass is 10.5. The Labute approximate surface area is 85.3 Å². The third-order valence-corrected chi connectivity index (χ3v) is 2.30. The van der Waals surface area contributed by atoms with Gasteiger partial charge in [-0.1, -0.05) is 18.7 Å². The van der Waals surface area contributed by atoms with Crippen LogP contribution in [0.5, 0.6) is 0 Å². The van der Waals surface area contributed by atoms with Crippen LogP contribution in [-0.2, 0) is 0 Å². The highest BCUT2D eigenvalue weighted by molar-refractivity contribution is 7.99.